The number of nitrogens with zero attached hydrogens (tertiary/aromatic N) is 1. The van der Waals surface area contributed by atoms with Gasteiger partial charge in [-0.2, -0.15) is 0 Å². The van der Waals surface area contributed by atoms with Gasteiger partial charge in [-0.25, -0.2) is 4.79 Å². The molecule has 2 heterocycles. The number of ether oxygens (including phenoxy) is 1. The van der Waals surface area contributed by atoms with E-state index in [0.29, 0.717) is 23.3 Å². The van der Waals surface area contributed by atoms with Crippen LogP contribution < -0.4 is 10.4 Å². The zero-order valence-corrected chi connectivity index (χ0v) is 13.3. The molecular formula is C19H19NO4. The average molecular weight is 325 g/mol. The summed E-state index contributed by atoms with van der Waals surface area (Å²) in [6, 6.07) is 10.3. The van der Waals surface area contributed by atoms with Crippen molar-refractivity contribution in [2.75, 3.05) is 26.2 Å². The van der Waals surface area contributed by atoms with Crippen LogP contribution in [0.3, 0.4) is 0 Å². The van der Waals surface area contributed by atoms with Crippen LogP contribution in [0.25, 0.3) is 21.7 Å². The summed E-state index contributed by atoms with van der Waals surface area (Å²) in [4.78, 5) is 14.5. The van der Waals surface area contributed by atoms with Crippen molar-refractivity contribution in [1.82, 2.24) is 4.90 Å². The number of phenols is 1. The molecule has 0 amide bonds. The summed E-state index contributed by atoms with van der Waals surface area (Å²) in [5, 5.41) is 11.5. The fraction of sp³-hybridized carbons (Fsp3) is 0.316. The largest absolute Gasteiger partial charge is 0.508 e. The Hall–Kier alpha value is -2.53. The van der Waals surface area contributed by atoms with Crippen molar-refractivity contribution in [2.24, 2.45) is 0 Å². The highest BCUT2D eigenvalue weighted by Gasteiger charge is 2.12. The van der Waals surface area contributed by atoms with Crippen LogP contribution in [-0.4, -0.2) is 36.2 Å². The Bertz CT molecular complexity index is 941. The third kappa shape index (κ3) is 2.83. The van der Waals surface area contributed by atoms with Crippen molar-refractivity contribution in [3.05, 3.63) is 46.8 Å². The quantitative estimate of drug-likeness (QED) is 0.590. The molecule has 5 heteroatoms. The fourth-order valence-corrected chi connectivity index (χ4v) is 3.29. The second-order valence-corrected chi connectivity index (χ2v) is 6.17. The first-order valence-corrected chi connectivity index (χ1v) is 8.25. The smallest absolute Gasteiger partial charge is 0.344 e. The van der Waals surface area contributed by atoms with Crippen molar-refractivity contribution in [1.29, 1.82) is 0 Å². The van der Waals surface area contributed by atoms with Crippen molar-refractivity contribution in [2.45, 2.75) is 12.8 Å². The number of fused-ring (bicyclic) bond motifs is 3. The van der Waals surface area contributed by atoms with Crippen LogP contribution in [0, 0.1) is 0 Å². The lowest BCUT2D eigenvalue weighted by Gasteiger charge is -2.15. The van der Waals surface area contributed by atoms with E-state index in [0.717, 1.165) is 30.4 Å². The maximum absolute atomic E-state index is 12.1. The number of aromatic hydroxyl groups is 1. The molecule has 0 bridgehead atoms. The summed E-state index contributed by atoms with van der Waals surface area (Å²) in [7, 11) is 0. The summed E-state index contributed by atoms with van der Waals surface area (Å²) in [5.41, 5.74) is 0.0412. The van der Waals surface area contributed by atoms with Gasteiger partial charge in [0.15, 0.2) is 0 Å². The van der Waals surface area contributed by atoms with Gasteiger partial charge in [0.1, 0.15) is 23.7 Å². The lowest BCUT2D eigenvalue weighted by molar-refractivity contribution is 0.238. The SMILES string of the molecule is O=c1oc2cc(OCCN3CCCC3)ccc2c2ccc(O)cc12. The normalized spacial score (nSPS) is 15.3. The van der Waals surface area contributed by atoms with Crippen molar-refractivity contribution in [3.8, 4) is 11.5 Å². The maximum Gasteiger partial charge on any atom is 0.344 e. The van der Waals surface area contributed by atoms with E-state index in [-0.39, 0.29) is 5.75 Å². The molecule has 0 atom stereocenters. The second kappa shape index (κ2) is 6.17. The van der Waals surface area contributed by atoms with Crippen LogP contribution >= 0.6 is 0 Å². The molecule has 2 aromatic carbocycles. The van der Waals surface area contributed by atoms with Crippen LogP contribution in [0.4, 0.5) is 0 Å². The monoisotopic (exact) mass is 325 g/mol. The molecule has 124 valence electrons. The molecule has 5 nitrogen and oxygen atoms in total. The van der Waals surface area contributed by atoms with Gasteiger partial charge >= 0.3 is 5.63 Å². The van der Waals surface area contributed by atoms with Gasteiger partial charge in [-0.3, -0.25) is 4.90 Å². The van der Waals surface area contributed by atoms with Gasteiger partial charge in [0, 0.05) is 23.4 Å². The predicted octanol–water partition coefficient (Wildman–Crippen LogP) is 3.13. The van der Waals surface area contributed by atoms with Crippen LogP contribution in [-0.2, 0) is 0 Å². The molecule has 3 aromatic rings. The van der Waals surface area contributed by atoms with E-state index in [1.165, 1.54) is 18.9 Å². The topological polar surface area (TPSA) is 62.9 Å². The lowest BCUT2D eigenvalue weighted by atomic mass is 10.1. The van der Waals surface area contributed by atoms with Crippen LogP contribution in [0.2, 0.25) is 0 Å². The summed E-state index contributed by atoms with van der Waals surface area (Å²) in [6.07, 6.45) is 2.54. The Balaban J connectivity index is 1.62. The van der Waals surface area contributed by atoms with Crippen LogP contribution in [0.1, 0.15) is 12.8 Å². The molecule has 1 aromatic heterocycles. The number of hydrogen-bond acceptors (Lipinski definition) is 5. The summed E-state index contributed by atoms with van der Waals surface area (Å²) >= 11 is 0. The van der Waals surface area contributed by atoms with E-state index in [4.69, 9.17) is 9.15 Å². The molecule has 0 spiro atoms. The number of hydrogen-bond donors (Lipinski definition) is 1. The standard InChI is InChI=1S/C19H19NO4/c21-13-3-5-15-16-6-4-14(23-10-9-20-7-1-2-8-20)12-18(16)24-19(22)17(15)11-13/h3-6,11-12,21H,1-2,7-10H2. The van der Waals surface area contributed by atoms with E-state index >= 15 is 0 Å². The number of phenolic OH excluding ortho intramolecular Hbond substituents is 1. The van der Waals surface area contributed by atoms with E-state index in [9.17, 15) is 9.90 Å². The van der Waals surface area contributed by atoms with Gasteiger partial charge in [0.05, 0.1) is 5.39 Å². The lowest BCUT2D eigenvalue weighted by Crippen LogP contribution is -2.25. The minimum atomic E-state index is -0.456. The van der Waals surface area contributed by atoms with Crippen molar-refractivity contribution < 1.29 is 14.3 Å². The summed E-state index contributed by atoms with van der Waals surface area (Å²) in [6.45, 7) is 3.83. The van der Waals surface area contributed by atoms with E-state index in [1.54, 1.807) is 18.2 Å². The first-order chi connectivity index (χ1) is 11.7. The molecule has 0 saturated carbocycles. The number of likely N-dealkylation sites (tertiary alicyclic amines) is 1. The van der Waals surface area contributed by atoms with Crippen LogP contribution in [0.5, 0.6) is 11.5 Å². The molecule has 0 unspecified atom stereocenters. The Kier molecular flexibility index (Phi) is 3.86. The fourth-order valence-electron chi connectivity index (χ4n) is 3.29. The zero-order chi connectivity index (χ0) is 16.5. The first kappa shape index (κ1) is 15.0. The summed E-state index contributed by atoms with van der Waals surface area (Å²) < 4.78 is 11.2. The maximum atomic E-state index is 12.1. The number of rotatable bonds is 4. The Labute approximate surface area is 139 Å². The van der Waals surface area contributed by atoms with Crippen molar-refractivity contribution >= 4 is 21.7 Å². The molecule has 1 aliphatic heterocycles. The molecule has 0 aliphatic carbocycles. The Morgan fingerprint density at radius 2 is 1.83 bits per heavy atom. The molecular weight excluding hydrogens is 306 g/mol. The number of benzene rings is 2. The van der Waals surface area contributed by atoms with E-state index in [1.807, 2.05) is 12.1 Å². The molecule has 1 fully saturated rings. The van der Waals surface area contributed by atoms with Gasteiger partial charge in [0.2, 0.25) is 0 Å². The molecule has 1 aliphatic rings. The highest BCUT2D eigenvalue weighted by Crippen LogP contribution is 2.28. The van der Waals surface area contributed by atoms with Gasteiger partial charge in [-0.15, -0.1) is 0 Å². The minimum absolute atomic E-state index is 0.0519. The molecule has 4 rings (SSSR count). The van der Waals surface area contributed by atoms with Gasteiger partial charge in [0.25, 0.3) is 0 Å². The van der Waals surface area contributed by atoms with Gasteiger partial charge < -0.3 is 14.3 Å². The highest BCUT2D eigenvalue weighted by molar-refractivity contribution is 6.04. The van der Waals surface area contributed by atoms with Gasteiger partial charge in [-0.1, -0.05) is 0 Å². The van der Waals surface area contributed by atoms with E-state index < -0.39 is 5.63 Å². The third-order valence-corrected chi connectivity index (χ3v) is 4.54. The van der Waals surface area contributed by atoms with Crippen LogP contribution in [0.15, 0.2) is 45.6 Å². The highest BCUT2D eigenvalue weighted by atomic mass is 16.5. The molecule has 1 N–H and O–H groups in total. The Morgan fingerprint density at radius 3 is 2.67 bits per heavy atom. The van der Waals surface area contributed by atoms with Gasteiger partial charge in [-0.05, 0) is 56.3 Å². The first-order valence-electron chi connectivity index (χ1n) is 8.25. The molecule has 0 radical (unpaired) electrons. The minimum Gasteiger partial charge on any atom is -0.508 e. The molecule has 24 heavy (non-hydrogen) atoms. The molecule has 1 saturated heterocycles. The van der Waals surface area contributed by atoms with E-state index in [2.05, 4.69) is 4.90 Å². The second-order valence-electron chi connectivity index (χ2n) is 6.17. The Morgan fingerprint density at radius 1 is 1.04 bits per heavy atom. The summed E-state index contributed by atoms with van der Waals surface area (Å²) in [5.74, 6) is 0.749. The predicted molar refractivity (Wildman–Crippen MR) is 92.8 cm³/mol. The zero-order valence-electron chi connectivity index (χ0n) is 13.3. The average Bonchev–Trinajstić information content (AvgIpc) is 3.08. The van der Waals surface area contributed by atoms with Crippen molar-refractivity contribution in [3.63, 3.8) is 0 Å². The third-order valence-electron chi connectivity index (χ3n) is 4.54.